The van der Waals surface area contributed by atoms with Crippen LogP contribution in [-0.2, 0) is 16.1 Å². The van der Waals surface area contributed by atoms with E-state index in [2.05, 4.69) is 11.0 Å². The molecule has 1 saturated heterocycles. The third-order valence-electron chi connectivity index (χ3n) is 3.71. The highest BCUT2D eigenvalue weighted by atomic mass is 16.5. The van der Waals surface area contributed by atoms with Gasteiger partial charge in [-0.25, -0.2) is 0 Å². The molecule has 5 nitrogen and oxygen atoms in total. The summed E-state index contributed by atoms with van der Waals surface area (Å²) < 4.78 is 5.32. The van der Waals surface area contributed by atoms with Gasteiger partial charge in [0.05, 0.1) is 30.8 Å². The fourth-order valence-electron chi connectivity index (χ4n) is 2.52. The van der Waals surface area contributed by atoms with E-state index in [0.717, 1.165) is 12.1 Å². The molecule has 1 aromatic rings. The first-order valence-electron chi connectivity index (χ1n) is 6.69. The minimum absolute atomic E-state index is 0.0897. The highest BCUT2D eigenvalue weighted by Gasteiger charge is 2.37. The summed E-state index contributed by atoms with van der Waals surface area (Å²) in [6, 6.07) is 9.38. The van der Waals surface area contributed by atoms with E-state index in [-0.39, 0.29) is 12.6 Å². The lowest BCUT2D eigenvalue weighted by Crippen LogP contribution is -2.42. The molecule has 0 spiro atoms. The molecule has 1 aromatic carbocycles. The van der Waals surface area contributed by atoms with Crippen LogP contribution in [0.2, 0.25) is 0 Å². The second kappa shape index (κ2) is 6.51. The Balaban J connectivity index is 2.08. The summed E-state index contributed by atoms with van der Waals surface area (Å²) in [6.07, 6.45) is 0. The van der Waals surface area contributed by atoms with Crippen molar-refractivity contribution in [2.75, 3.05) is 19.8 Å². The van der Waals surface area contributed by atoms with Gasteiger partial charge in [0.2, 0.25) is 0 Å². The smallest absolute Gasteiger partial charge is 0.310 e. The number of hydrogen-bond donors (Lipinski definition) is 1. The number of aliphatic carboxylic acids is 1. The van der Waals surface area contributed by atoms with E-state index in [4.69, 9.17) is 10.00 Å². The van der Waals surface area contributed by atoms with Crippen molar-refractivity contribution in [3.8, 4) is 6.07 Å². The molecule has 0 radical (unpaired) electrons. The molecule has 1 aliphatic rings. The van der Waals surface area contributed by atoms with Gasteiger partial charge in [0.1, 0.15) is 0 Å². The SMILES string of the molecule is CCN(Cc1ccc(C#N)cc1)C1COCC1C(=O)O. The Hall–Kier alpha value is -1.90. The molecular formula is C15H18N2O3. The van der Waals surface area contributed by atoms with Crippen LogP contribution in [0.3, 0.4) is 0 Å². The number of nitrogens with zero attached hydrogens (tertiary/aromatic N) is 2. The Bertz CT molecular complexity index is 507. The normalized spacial score (nSPS) is 21.9. The summed E-state index contributed by atoms with van der Waals surface area (Å²) in [6.45, 7) is 4.18. The molecule has 2 atom stereocenters. The van der Waals surface area contributed by atoms with E-state index in [1.807, 2.05) is 19.1 Å². The molecule has 1 heterocycles. The van der Waals surface area contributed by atoms with E-state index >= 15 is 0 Å². The maximum Gasteiger partial charge on any atom is 0.310 e. The van der Waals surface area contributed by atoms with E-state index in [9.17, 15) is 9.90 Å². The molecule has 0 saturated carbocycles. The van der Waals surface area contributed by atoms with Crippen LogP contribution < -0.4 is 0 Å². The van der Waals surface area contributed by atoms with Crippen LogP contribution >= 0.6 is 0 Å². The third-order valence-corrected chi connectivity index (χ3v) is 3.71. The zero-order valence-corrected chi connectivity index (χ0v) is 11.5. The Kier molecular flexibility index (Phi) is 4.72. The second-order valence-electron chi connectivity index (χ2n) is 4.92. The molecule has 5 heteroatoms. The number of carbonyl (C=O) groups is 1. The Morgan fingerprint density at radius 3 is 2.70 bits per heavy atom. The molecule has 1 aliphatic heterocycles. The van der Waals surface area contributed by atoms with Gasteiger partial charge in [-0.3, -0.25) is 9.69 Å². The van der Waals surface area contributed by atoms with E-state index in [1.165, 1.54) is 0 Å². The molecule has 2 unspecified atom stereocenters. The zero-order valence-electron chi connectivity index (χ0n) is 11.5. The van der Waals surface area contributed by atoms with Gasteiger partial charge in [-0.15, -0.1) is 0 Å². The zero-order chi connectivity index (χ0) is 14.5. The summed E-state index contributed by atoms with van der Waals surface area (Å²) >= 11 is 0. The summed E-state index contributed by atoms with van der Waals surface area (Å²) in [5, 5.41) is 18.0. The van der Waals surface area contributed by atoms with Crippen molar-refractivity contribution < 1.29 is 14.6 Å². The molecule has 0 aliphatic carbocycles. The molecule has 0 amide bonds. The van der Waals surface area contributed by atoms with Crippen LogP contribution in [-0.4, -0.2) is 41.8 Å². The summed E-state index contributed by atoms with van der Waals surface area (Å²) in [5.74, 6) is -1.26. The fraction of sp³-hybridized carbons (Fsp3) is 0.467. The van der Waals surface area contributed by atoms with Gasteiger partial charge in [0.25, 0.3) is 0 Å². The number of carboxylic acids is 1. The highest BCUT2D eigenvalue weighted by Crippen LogP contribution is 2.22. The summed E-state index contributed by atoms with van der Waals surface area (Å²) in [5.41, 5.74) is 1.70. The van der Waals surface area contributed by atoms with Crippen LogP contribution in [0.5, 0.6) is 0 Å². The minimum atomic E-state index is -0.800. The van der Waals surface area contributed by atoms with Crippen molar-refractivity contribution in [2.45, 2.75) is 19.5 Å². The molecule has 1 fully saturated rings. The van der Waals surface area contributed by atoms with E-state index in [0.29, 0.717) is 18.7 Å². The first-order valence-corrected chi connectivity index (χ1v) is 6.69. The standard InChI is InChI=1S/C15H18N2O3/c1-2-17(14-10-20-9-13(14)15(18)19)8-12-5-3-11(7-16)4-6-12/h3-6,13-14H,2,8-10H2,1H3,(H,18,19). The molecular weight excluding hydrogens is 256 g/mol. The lowest BCUT2D eigenvalue weighted by molar-refractivity contribution is -0.143. The van der Waals surface area contributed by atoms with Gasteiger partial charge in [-0.2, -0.15) is 5.26 Å². The monoisotopic (exact) mass is 274 g/mol. The Morgan fingerprint density at radius 1 is 1.45 bits per heavy atom. The minimum Gasteiger partial charge on any atom is -0.481 e. The van der Waals surface area contributed by atoms with Gasteiger partial charge in [-0.1, -0.05) is 19.1 Å². The highest BCUT2D eigenvalue weighted by molar-refractivity contribution is 5.71. The molecule has 0 aromatic heterocycles. The van der Waals surface area contributed by atoms with Crippen molar-refractivity contribution >= 4 is 5.97 Å². The average molecular weight is 274 g/mol. The van der Waals surface area contributed by atoms with Crippen molar-refractivity contribution in [3.05, 3.63) is 35.4 Å². The first-order chi connectivity index (χ1) is 9.65. The van der Waals surface area contributed by atoms with Gasteiger partial charge >= 0.3 is 5.97 Å². The number of benzene rings is 1. The van der Waals surface area contributed by atoms with Crippen molar-refractivity contribution in [1.29, 1.82) is 5.26 Å². The average Bonchev–Trinajstić information content (AvgIpc) is 2.95. The van der Waals surface area contributed by atoms with Crippen molar-refractivity contribution in [3.63, 3.8) is 0 Å². The van der Waals surface area contributed by atoms with Gasteiger partial charge in [0, 0.05) is 12.6 Å². The molecule has 20 heavy (non-hydrogen) atoms. The number of nitriles is 1. The summed E-state index contributed by atoms with van der Waals surface area (Å²) in [4.78, 5) is 13.3. The molecule has 0 bridgehead atoms. The van der Waals surface area contributed by atoms with Gasteiger partial charge < -0.3 is 9.84 Å². The van der Waals surface area contributed by atoms with Crippen molar-refractivity contribution in [2.24, 2.45) is 5.92 Å². The lowest BCUT2D eigenvalue weighted by atomic mass is 10.0. The summed E-state index contributed by atoms with van der Waals surface area (Å²) in [7, 11) is 0. The molecule has 106 valence electrons. The number of ether oxygens (including phenoxy) is 1. The quantitative estimate of drug-likeness (QED) is 0.880. The predicted octanol–water partition coefficient (Wildman–Crippen LogP) is 1.48. The fourth-order valence-corrected chi connectivity index (χ4v) is 2.52. The number of hydrogen-bond acceptors (Lipinski definition) is 4. The Morgan fingerprint density at radius 2 is 2.15 bits per heavy atom. The Labute approximate surface area is 118 Å². The predicted molar refractivity (Wildman–Crippen MR) is 73.0 cm³/mol. The van der Waals surface area contributed by atoms with E-state index < -0.39 is 11.9 Å². The van der Waals surface area contributed by atoms with Crippen LogP contribution in [0.1, 0.15) is 18.1 Å². The van der Waals surface area contributed by atoms with Crippen LogP contribution in [0.25, 0.3) is 0 Å². The maximum atomic E-state index is 11.2. The van der Waals surface area contributed by atoms with Crippen LogP contribution in [0.4, 0.5) is 0 Å². The number of likely N-dealkylation sites (N-methyl/N-ethyl adjacent to an activating group) is 1. The molecule has 1 N–H and O–H groups in total. The topological polar surface area (TPSA) is 73.6 Å². The third kappa shape index (κ3) is 3.16. The molecule has 2 rings (SSSR count). The number of rotatable bonds is 5. The first kappa shape index (κ1) is 14.5. The number of carboxylic acid groups (broad SMARTS) is 1. The van der Waals surface area contributed by atoms with Crippen LogP contribution in [0, 0.1) is 17.2 Å². The van der Waals surface area contributed by atoms with Gasteiger partial charge in [-0.05, 0) is 24.2 Å². The van der Waals surface area contributed by atoms with Gasteiger partial charge in [0.15, 0.2) is 0 Å². The van der Waals surface area contributed by atoms with Crippen LogP contribution in [0.15, 0.2) is 24.3 Å². The largest absolute Gasteiger partial charge is 0.481 e. The maximum absolute atomic E-state index is 11.2. The van der Waals surface area contributed by atoms with E-state index in [1.54, 1.807) is 12.1 Å². The lowest BCUT2D eigenvalue weighted by Gasteiger charge is -2.29. The van der Waals surface area contributed by atoms with Crippen molar-refractivity contribution in [1.82, 2.24) is 4.90 Å². The second-order valence-corrected chi connectivity index (χ2v) is 4.92.